The molecule has 17 nitrogen and oxygen atoms in total. The molecule has 0 radical (unpaired) electrons. The highest BCUT2D eigenvalue weighted by molar-refractivity contribution is 9.10. The fourth-order valence-corrected chi connectivity index (χ4v) is 10.5. The van der Waals surface area contributed by atoms with Gasteiger partial charge in [0, 0.05) is 77.3 Å². The lowest BCUT2D eigenvalue weighted by atomic mass is 9.95. The second-order valence-electron chi connectivity index (χ2n) is 18.3. The van der Waals surface area contributed by atoms with Crippen LogP contribution in [0.2, 0.25) is 0 Å². The molecule has 23 heteroatoms. The highest BCUT2D eigenvalue weighted by Gasteiger charge is 2.55. The molecule has 2 saturated carbocycles. The predicted octanol–water partition coefficient (Wildman–Crippen LogP) is 7.34. The smallest absolute Gasteiger partial charge is 0.407 e. The molecule has 3 amide bonds. The number of aliphatic carboxylic acids is 1. The van der Waals surface area contributed by atoms with E-state index in [0.717, 1.165) is 71.1 Å². The van der Waals surface area contributed by atoms with E-state index in [2.05, 4.69) is 92.4 Å². The molecule has 0 aromatic heterocycles. The fourth-order valence-electron chi connectivity index (χ4n) is 8.61. The van der Waals surface area contributed by atoms with Gasteiger partial charge in [-0.15, -0.1) is 34.0 Å². The van der Waals surface area contributed by atoms with Crippen molar-refractivity contribution in [1.82, 2.24) is 20.9 Å². The summed E-state index contributed by atoms with van der Waals surface area (Å²) in [5.74, 6) is -2.09. The number of benzene rings is 2. The van der Waals surface area contributed by atoms with Crippen molar-refractivity contribution in [1.29, 1.82) is 0 Å². The van der Waals surface area contributed by atoms with Crippen LogP contribution in [0.3, 0.4) is 0 Å². The normalized spacial score (nSPS) is 20.9. The number of carbonyl (C=O) groups is 4. The summed E-state index contributed by atoms with van der Waals surface area (Å²) in [6, 6.07) is 14.7. The van der Waals surface area contributed by atoms with Gasteiger partial charge in [-0.1, -0.05) is 56.1 Å². The van der Waals surface area contributed by atoms with Gasteiger partial charge in [0.15, 0.2) is 0 Å². The molecule has 2 aromatic carbocycles. The molecule has 380 valence electrons. The number of carbonyl (C=O) groups excluding carboxylic acids is 3. The van der Waals surface area contributed by atoms with Gasteiger partial charge < -0.3 is 35.4 Å². The van der Waals surface area contributed by atoms with Crippen molar-refractivity contribution in [2.24, 2.45) is 20.8 Å². The molecule has 0 bridgehead atoms. The van der Waals surface area contributed by atoms with Crippen LogP contribution in [0.1, 0.15) is 75.3 Å². The maximum absolute atomic E-state index is 13.6. The predicted molar refractivity (Wildman–Crippen MR) is 284 cm³/mol. The summed E-state index contributed by atoms with van der Waals surface area (Å²) in [6.07, 6.45) is 12.9. The Labute approximate surface area is 441 Å². The second-order valence-corrected chi connectivity index (χ2v) is 24.6. The number of alkyl carbamates (subject to hydrolysis) is 2. The standard InChI is InChI=1S/C23H28BrN3O5S.C16H17BrN2.C7H13NO6S.2BrH/c1-32-22(29)26-18(7-10-33(2,30)31)21(28)27-14-23(8-9-23)12-20(27)19-11-16(13-25-19)15-3-5-17(24)6-4-15;17-13-3-1-11(2-4-13)12-7-14(18-9-12)15-8-16(5-6-16)10-19-15;1-14-7(11)8-5(6(9)10)3-4-15(2,12)13;;/h3-6,13,18,20H,7-12,14H2,1-2H3,(H,26,29);1-4,9,15,19H,5-8,10H2;5H,3-4H2,1-2H3,(H,8,11)(H,9,10);2*1H/t18-,20-;;5-;;/m1.1../s1. The lowest BCUT2D eigenvalue weighted by Crippen LogP contribution is -2.52. The zero-order valence-electron chi connectivity index (χ0n) is 38.7. The van der Waals surface area contributed by atoms with Crippen LogP contribution in [-0.4, -0.2) is 138 Å². The number of methoxy groups -OCH3 is 2. The third-order valence-electron chi connectivity index (χ3n) is 12.9. The van der Waals surface area contributed by atoms with Crippen LogP contribution in [-0.2, 0) is 38.7 Å². The van der Waals surface area contributed by atoms with Gasteiger partial charge >= 0.3 is 18.2 Å². The Hall–Kier alpha value is -3.48. The molecular weight excluding hydrogens is 1200 g/mol. The average Bonchev–Trinajstić information content (AvgIpc) is 3.83. The van der Waals surface area contributed by atoms with Gasteiger partial charge in [0.1, 0.15) is 31.8 Å². The topological polar surface area (TPSA) is 239 Å². The van der Waals surface area contributed by atoms with Crippen molar-refractivity contribution < 1.29 is 50.6 Å². The molecule has 69 heavy (non-hydrogen) atoms. The first-order valence-corrected chi connectivity index (χ1v) is 27.6. The average molecular weight is 1260 g/mol. The number of hydrogen-bond donors (Lipinski definition) is 4. The van der Waals surface area contributed by atoms with Crippen molar-refractivity contribution in [2.75, 3.05) is 51.3 Å². The van der Waals surface area contributed by atoms with Gasteiger partial charge in [0.2, 0.25) is 5.91 Å². The molecule has 2 saturated heterocycles. The van der Waals surface area contributed by atoms with Crippen LogP contribution in [0.4, 0.5) is 9.59 Å². The molecule has 6 aliphatic rings. The van der Waals surface area contributed by atoms with Crippen LogP contribution in [0, 0.1) is 10.8 Å². The number of nitrogens with one attached hydrogen (secondary N) is 3. The molecule has 1 unspecified atom stereocenters. The quantitative estimate of drug-likeness (QED) is 0.145. The minimum Gasteiger partial charge on any atom is -0.480 e. The Bertz CT molecular complexity index is 2550. The van der Waals surface area contributed by atoms with Gasteiger partial charge in [-0.05, 0) is 109 Å². The van der Waals surface area contributed by atoms with Crippen molar-refractivity contribution >= 4 is 132 Å². The number of sulfone groups is 2. The van der Waals surface area contributed by atoms with Crippen molar-refractivity contribution in [3.63, 3.8) is 0 Å². The van der Waals surface area contributed by atoms with E-state index in [9.17, 15) is 36.0 Å². The first kappa shape index (κ1) is 58.1. The monoisotopic (exact) mass is 1250 g/mol. The molecule has 4 fully saturated rings. The zero-order chi connectivity index (χ0) is 48.7. The van der Waals surface area contributed by atoms with Gasteiger partial charge in [0.25, 0.3) is 0 Å². The molecule has 4 atom stereocenters. The van der Waals surface area contributed by atoms with Crippen molar-refractivity contribution in [2.45, 2.75) is 88.4 Å². The van der Waals surface area contributed by atoms with Crippen LogP contribution in [0.15, 0.2) is 79.9 Å². The van der Waals surface area contributed by atoms with E-state index >= 15 is 0 Å². The summed E-state index contributed by atoms with van der Waals surface area (Å²) >= 11 is 6.94. The van der Waals surface area contributed by atoms with Crippen LogP contribution in [0.25, 0.3) is 11.1 Å². The molecule has 4 heterocycles. The minimum atomic E-state index is -3.30. The first-order chi connectivity index (χ1) is 31.6. The number of rotatable bonds is 14. The van der Waals surface area contributed by atoms with E-state index in [1.807, 2.05) is 35.8 Å². The van der Waals surface area contributed by atoms with Gasteiger partial charge in [-0.3, -0.25) is 14.8 Å². The van der Waals surface area contributed by atoms with E-state index in [1.165, 1.54) is 49.8 Å². The van der Waals surface area contributed by atoms with Crippen molar-refractivity contribution in [3.8, 4) is 0 Å². The first-order valence-electron chi connectivity index (χ1n) is 21.9. The van der Waals surface area contributed by atoms with E-state index in [-0.39, 0.29) is 75.7 Å². The number of likely N-dealkylation sites (tertiary alicyclic amines) is 1. The molecule has 2 aromatic rings. The lowest BCUT2D eigenvalue weighted by molar-refractivity contribution is -0.139. The Morgan fingerprint density at radius 3 is 1.62 bits per heavy atom. The van der Waals surface area contributed by atoms with Crippen LogP contribution in [0.5, 0.6) is 0 Å². The van der Waals surface area contributed by atoms with Crippen LogP contribution >= 0.6 is 65.8 Å². The molecule has 8 rings (SSSR count). The van der Waals surface area contributed by atoms with E-state index in [4.69, 9.17) is 5.11 Å². The Morgan fingerprint density at radius 1 is 0.739 bits per heavy atom. The second kappa shape index (κ2) is 24.8. The maximum atomic E-state index is 13.6. The third-order valence-corrected chi connectivity index (χ3v) is 15.9. The minimum absolute atomic E-state index is 0. The van der Waals surface area contributed by atoms with Gasteiger partial charge in [-0.2, -0.15) is 0 Å². The summed E-state index contributed by atoms with van der Waals surface area (Å²) in [7, 11) is -4.24. The van der Waals surface area contributed by atoms with Crippen LogP contribution < -0.4 is 16.0 Å². The SMILES string of the molecule is Br.Br.Brc1ccc(C2=CN=C(C3CC4(CC4)CN3)C2)cc1.COC(=O)N[C@H](CCS(C)(=O)=O)C(=O)N1CC2(CC2)C[C@@H]1C1=NC=C(c2ccc(Br)cc2)C1.COC(=O)N[C@H](CCS(C)(=O)=O)C(=O)O. The molecular formula is C46H60Br4N6O11S2. The summed E-state index contributed by atoms with van der Waals surface area (Å²) in [4.78, 5) is 57.9. The molecule has 4 N–H and O–H groups in total. The number of carboxylic acid groups (broad SMARTS) is 1. The van der Waals surface area contributed by atoms with E-state index in [0.29, 0.717) is 24.4 Å². The number of allylic oxidation sites excluding steroid dienone is 2. The number of nitrogens with zero attached hydrogens (tertiary/aromatic N) is 3. The number of ether oxygens (including phenoxy) is 2. The number of aliphatic imine (C=N–C) groups is 2. The third kappa shape index (κ3) is 17.1. The fraction of sp³-hybridized carbons (Fsp3) is 0.522. The zero-order valence-corrected chi connectivity index (χ0v) is 47.0. The highest BCUT2D eigenvalue weighted by atomic mass is 79.9. The van der Waals surface area contributed by atoms with E-state index < -0.39 is 49.9 Å². The Kier molecular flexibility index (Phi) is 20.9. The number of halogens is 4. The lowest BCUT2D eigenvalue weighted by Gasteiger charge is -2.29. The van der Waals surface area contributed by atoms with Gasteiger partial charge in [0.05, 0.1) is 31.8 Å². The van der Waals surface area contributed by atoms with Gasteiger partial charge in [-0.25, -0.2) is 31.2 Å². The Balaban J connectivity index is 0.000000245. The molecule has 2 spiro atoms. The summed E-state index contributed by atoms with van der Waals surface area (Å²) in [5, 5.41) is 16.9. The highest BCUT2D eigenvalue weighted by Crippen LogP contribution is 2.56. The summed E-state index contributed by atoms with van der Waals surface area (Å²) in [6.45, 7) is 1.80. The summed E-state index contributed by atoms with van der Waals surface area (Å²) in [5.41, 5.74) is 7.85. The largest absolute Gasteiger partial charge is 0.480 e. The van der Waals surface area contributed by atoms with Crippen molar-refractivity contribution in [3.05, 3.63) is 81.0 Å². The molecule has 2 aliphatic carbocycles. The number of amides is 3. The maximum Gasteiger partial charge on any atom is 0.407 e. The van der Waals surface area contributed by atoms with E-state index in [1.54, 1.807) is 4.90 Å². The number of carboxylic acids is 1. The Morgan fingerprint density at radius 2 is 1.19 bits per heavy atom. The number of hydrogen-bond acceptors (Lipinski definition) is 13. The molecule has 4 aliphatic heterocycles. The summed E-state index contributed by atoms with van der Waals surface area (Å²) < 4.78 is 56.0.